The van der Waals surface area contributed by atoms with Crippen molar-refractivity contribution in [2.24, 2.45) is 0 Å². The fourth-order valence-electron chi connectivity index (χ4n) is 1.33. The summed E-state index contributed by atoms with van der Waals surface area (Å²) in [6.45, 7) is 2.05. The Balaban J connectivity index is 3.39. The van der Waals surface area contributed by atoms with Crippen LogP contribution in [0, 0.1) is 0 Å². The highest BCUT2D eigenvalue weighted by Gasteiger charge is 1.82. The predicted octanol–water partition coefficient (Wildman–Crippen LogP) is 4.77. The maximum absolute atomic E-state index is 10.1. The summed E-state index contributed by atoms with van der Waals surface area (Å²) in [6, 6.07) is 0. The molecule has 1 nitrogen and oxygen atoms in total. The standard InChI is InChI=1S/C16H24O/c1-2-3-4-5-6-7-8-9-10-11-12-13-14-15-16-17/h2-3,6-11,16H,4-5,12-15H2,1H3/b3-2+,7-6+,9-8+,11-10+. The molecule has 0 aliphatic heterocycles. The van der Waals surface area contributed by atoms with Gasteiger partial charge in [-0.25, -0.2) is 0 Å². The van der Waals surface area contributed by atoms with Crippen molar-refractivity contribution < 1.29 is 4.79 Å². The second kappa shape index (κ2) is 14.6. The molecule has 0 radical (unpaired) electrons. The van der Waals surface area contributed by atoms with Gasteiger partial charge in [0.05, 0.1) is 0 Å². The van der Waals surface area contributed by atoms with Crippen LogP contribution in [0.3, 0.4) is 0 Å². The zero-order valence-corrected chi connectivity index (χ0v) is 10.8. The van der Waals surface area contributed by atoms with Gasteiger partial charge in [0.15, 0.2) is 0 Å². The molecule has 0 fully saturated rings. The van der Waals surface area contributed by atoms with E-state index in [9.17, 15) is 4.79 Å². The average Bonchev–Trinajstić information content (AvgIpc) is 2.35. The summed E-state index contributed by atoms with van der Waals surface area (Å²) in [6.07, 6.45) is 23.9. The zero-order chi connectivity index (χ0) is 12.6. The first-order valence-corrected chi connectivity index (χ1v) is 6.45. The van der Waals surface area contributed by atoms with Gasteiger partial charge in [0.2, 0.25) is 0 Å². The van der Waals surface area contributed by atoms with Crippen LogP contribution in [0.4, 0.5) is 0 Å². The summed E-state index contributed by atoms with van der Waals surface area (Å²) in [4.78, 5) is 10.1. The lowest BCUT2D eigenvalue weighted by atomic mass is 10.2. The average molecular weight is 232 g/mol. The summed E-state index contributed by atoms with van der Waals surface area (Å²) in [5.74, 6) is 0. The number of carbonyl (C=O) groups excluding carboxylic acids is 1. The van der Waals surface area contributed by atoms with Crippen molar-refractivity contribution in [2.45, 2.75) is 45.4 Å². The highest BCUT2D eigenvalue weighted by atomic mass is 16.1. The van der Waals surface area contributed by atoms with E-state index in [1.807, 2.05) is 13.0 Å². The number of carbonyl (C=O) groups is 1. The van der Waals surface area contributed by atoms with E-state index in [4.69, 9.17) is 0 Å². The molecule has 0 aliphatic carbocycles. The van der Waals surface area contributed by atoms with Crippen LogP contribution in [-0.2, 0) is 4.79 Å². The molecule has 0 aromatic heterocycles. The van der Waals surface area contributed by atoms with E-state index in [1.165, 1.54) is 0 Å². The number of hydrogen-bond acceptors (Lipinski definition) is 1. The molecule has 0 spiro atoms. The molecule has 0 aromatic rings. The Hall–Kier alpha value is -1.37. The minimum atomic E-state index is 0.693. The van der Waals surface area contributed by atoms with Crippen LogP contribution in [0.25, 0.3) is 0 Å². The summed E-state index contributed by atoms with van der Waals surface area (Å²) < 4.78 is 0. The van der Waals surface area contributed by atoms with Crippen LogP contribution in [-0.4, -0.2) is 6.29 Å². The molecule has 0 atom stereocenters. The molecule has 17 heavy (non-hydrogen) atoms. The van der Waals surface area contributed by atoms with Gasteiger partial charge in [-0.1, -0.05) is 48.6 Å². The third kappa shape index (κ3) is 14.6. The van der Waals surface area contributed by atoms with Crippen LogP contribution in [0.5, 0.6) is 0 Å². The second-order valence-electron chi connectivity index (χ2n) is 3.84. The Morgan fingerprint density at radius 1 is 0.706 bits per heavy atom. The van der Waals surface area contributed by atoms with Gasteiger partial charge in [-0.2, -0.15) is 0 Å². The fourth-order valence-corrected chi connectivity index (χ4v) is 1.33. The lowest BCUT2D eigenvalue weighted by molar-refractivity contribution is -0.107. The number of rotatable bonds is 10. The van der Waals surface area contributed by atoms with Gasteiger partial charge in [0.25, 0.3) is 0 Å². The normalized spacial score (nSPS) is 12.5. The first-order valence-electron chi connectivity index (χ1n) is 6.45. The quantitative estimate of drug-likeness (QED) is 0.229. The van der Waals surface area contributed by atoms with Gasteiger partial charge in [0.1, 0.15) is 6.29 Å². The highest BCUT2D eigenvalue weighted by molar-refractivity contribution is 5.48. The predicted molar refractivity (Wildman–Crippen MR) is 76.0 cm³/mol. The Labute approximate surface area is 106 Å². The third-order valence-electron chi connectivity index (χ3n) is 2.28. The van der Waals surface area contributed by atoms with E-state index in [-0.39, 0.29) is 0 Å². The molecule has 0 aliphatic rings. The lowest BCUT2D eigenvalue weighted by Crippen LogP contribution is -1.75. The second-order valence-corrected chi connectivity index (χ2v) is 3.84. The van der Waals surface area contributed by atoms with E-state index >= 15 is 0 Å². The summed E-state index contributed by atoms with van der Waals surface area (Å²) in [5.41, 5.74) is 0. The Kier molecular flexibility index (Phi) is 13.5. The molecule has 0 saturated carbocycles. The number of unbranched alkanes of at least 4 members (excludes halogenated alkanes) is 4. The minimum Gasteiger partial charge on any atom is -0.303 e. The molecule has 1 heteroatoms. The molecule has 94 valence electrons. The Morgan fingerprint density at radius 2 is 1.29 bits per heavy atom. The first kappa shape index (κ1) is 15.6. The molecule has 0 amide bonds. The SMILES string of the molecule is C/C=C/CC/C=C/C=C/C=C/CCCCC=O. The monoisotopic (exact) mass is 232 g/mol. The van der Waals surface area contributed by atoms with E-state index in [2.05, 4.69) is 42.5 Å². The zero-order valence-electron chi connectivity index (χ0n) is 10.8. The van der Waals surface area contributed by atoms with E-state index in [0.717, 1.165) is 38.4 Å². The van der Waals surface area contributed by atoms with Crippen molar-refractivity contribution in [3.8, 4) is 0 Å². The van der Waals surface area contributed by atoms with Crippen molar-refractivity contribution in [3.05, 3.63) is 48.6 Å². The summed E-state index contributed by atoms with van der Waals surface area (Å²) >= 11 is 0. The van der Waals surface area contributed by atoms with Gasteiger partial charge in [-0.15, -0.1) is 0 Å². The maximum atomic E-state index is 10.1. The highest BCUT2D eigenvalue weighted by Crippen LogP contribution is 1.99. The lowest BCUT2D eigenvalue weighted by Gasteiger charge is -1.89. The molecule has 0 unspecified atom stereocenters. The Bertz CT molecular complexity index is 269. The number of hydrogen-bond donors (Lipinski definition) is 0. The third-order valence-corrected chi connectivity index (χ3v) is 2.28. The smallest absolute Gasteiger partial charge is 0.119 e. The fraction of sp³-hybridized carbons (Fsp3) is 0.438. The van der Waals surface area contributed by atoms with Gasteiger partial charge >= 0.3 is 0 Å². The van der Waals surface area contributed by atoms with Gasteiger partial charge in [-0.05, 0) is 39.0 Å². The number of allylic oxidation sites excluding steroid dienone is 8. The topological polar surface area (TPSA) is 17.1 Å². The van der Waals surface area contributed by atoms with E-state index in [0.29, 0.717) is 6.42 Å². The van der Waals surface area contributed by atoms with Crippen LogP contribution in [0.2, 0.25) is 0 Å². The van der Waals surface area contributed by atoms with E-state index < -0.39 is 0 Å². The summed E-state index contributed by atoms with van der Waals surface area (Å²) in [7, 11) is 0. The maximum Gasteiger partial charge on any atom is 0.119 e. The van der Waals surface area contributed by atoms with Crippen molar-refractivity contribution >= 4 is 6.29 Å². The van der Waals surface area contributed by atoms with Crippen LogP contribution >= 0.6 is 0 Å². The van der Waals surface area contributed by atoms with Crippen molar-refractivity contribution in [1.29, 1.82) is 0 Å². The molecular weight excluding hydrogens is 208 g/mol. The molecular formula is C16H24O. The molecule has 0 rings (SSSR count). The van der Waals surface area contributed by atoms with Crippen molar-refractivity contribution in [2.75, 3.05) is 0 Å². The van der Waals surface area contributed by atoms with Crippen LogP contribution in [0.15, 0.2) is 48.6 Å². The van der Waals surface area contributed by atoms with Gasteiger partial charge in [-0.3, -0.25) is 0 Å². The van der Waals surface area contributed by atoms with E-state index in [1.54, 1.807) is 0 Å². The molecule has 0 aromatic carbocycles. The summed E-state index contributed by atoms with van der Waals surface area (Å²) in [5, 5.41) is 0. The van der Waals surface area contributed by atoms with Gasteiger partial charge in [0, 0.05) is 6.42 Å². The van der Waals surface area contributed by atoms with Crippen molar-refractivity contribution in [3.63, 3.8) is 0 Å². The van der Waals surface area contributed by atoms with Gasteiger partial charge < -0.3 is 4.79 Å². The van der Waals surface area contributed by atoms with Crippen molar-refractivity contribution in [1.82, 2.24) is 0 Å². The molecule has 0 N–H and O–H groups in total. The number of aldehydes is 1. The van der Waals surface area contributed by atoms with Crippen LogP contribution in [0.1, 0.15) is 45.4 Å². The molecule has 0 heterocycles. The largest absolute Gasteiger partial charge is 0.303 e. The first-order chi connectivity index (χ1) is 8.41. The molecule has 0 saturated heterocycles. The molecule has 0 bridgehead atoms. The van der Waals surface area contributed by atoms with Crippen LogP contribution < -0.4 is 0 Å². The Morgan fingerprint density at radius 3 is 1.94 bits per heavy atom. The minimum absolute atomic E-state index is 0.693.